The van der Waals surface area contributed by atoms with Crippen LogP contribution >= 0.6 is 11.6 Å². The minimum Gasteiger partial charge on any atom is -0.364 e. The van der Waals surface area contributed by atoms with Crippen molar-refractivity contribution < 1.29 is 9.18 Å². The van der Waals surface area contributed by atoms with E-state index < -0.39 is 5.91 Å². The molecule has 1 saturated carbocycles. The van der Waals surface area contributed by atoms with Crippen LogP contribution in [0.25, 0.3) is 10.9 Å². The molecule has 1 amide bonds. The molecule has 1 aliphatic carbocycles. The Balaban J connectivity index is 0.000000221. The van der Waals surface area contributed by atoms with Crippen molar-refractivity contribution in [2.75, 3.05) is 0 Å². The number of rotatable bonds is 2. The summed E-state index contributed by atoms with van der Waals surface area (Å²) in [7, 11) is 0. The molecule has 0 spiro atoms. The molecule has 0 saturated heterocycles. The lowest BCUT2D eigenvalue weighted by Gasteiger charge is -2.11. The summed E-state index contributed by atoms with van der Waals surface area (Å²) in [5, 5.41) is 0.724. The summed E-state index contributed by atoms with van der Waals surface area (Å²) in [6.45, 7) is 0. The summed E-state index contributed by atoms with van der Waals surface area (Å²) in [6, 6.07) is 9.11. The molecule has 1 aromatic carbocycles. The monoisotopic (exact) mass is 387 g/mol. The van der Waals surface area contributed by atoms with Crippen molar-refractivity contribution in [3.05, 3.63) is 75.0 Å². The second-order valence-corrected chi connectivity index (χ2v) is 6.89. The van der Waals surface area contributed by atoms with Crippen molar-refractivity contribution in [3.63, 3.8) is 0 Å². The first-order valence-corrected chi connectivity index (χ1v) is 9.06. The summed E-state index contributed by atoms with van der Waals surface area (Å²) in [5.74, 6) is -0.551. The lowest BCUT2D eigenvalue weighted by atomic mass is 10.0. The fraction of sp³-hybridized carbons (Fsp3) is 0.250. The SMILES string of the molecule is Fc1cccc(Cl)c1.NC(=O)c1nccc2[nH]c(C3CCCC3)cc(=O)c12. The summed E-state index contributed by atoms with van der Waals surface area (Å²) >= 11 is 5.40. The topological polar surface area (TPSA) is 88.8 Å². The number of halogens is 2. The number of hydrogen-bond donors (Lipinski definition) is 2. The molecule has 3 aromatic rings. The normalized spacial score (nSPS) is 14.0. The molecule has 0 bridgehead atoms. The fourth-order valence-corrected chi connectivity index (χ4v) is 3.50. The zero-order valence-electron chi connectivity index (χ0n) is 14.5. The maximum atomic E-state index is 12.2. The molecule has 2 heterocycles. The smallest absolute Gasteiger partial charge is 0.268 e. The maximum absolute atomic E-state index is 12.2. The molecule has 1 fully saturated rings. The second kappa shape index (κ2) is 8.31. The third kappa shape index (κ3) is 4.52. The summed E-state index contributed by atoms with van der Waals surface area (Å²) in [5.41, 5.74) is 6.70. The minimum atomic E-state index is -0.676. The Bertz CT molecular complexity index is 1010. The van der Waals surface area contributed by atoms with Gasteiger partial charge in [-0.25, -0.2) is 4.39 Å². The molecule has 2 aromatic heterocycles. The van der Waals surface area contributed by atoms with E-state index in [2.05, 4.69) is 9.97 Å². The third-order valence-electron chi connectivity index (χ3n) is 4.58. The largest absolute Gasteiger partial charge is 0.364 e. The number of fused-ring (bicyclic) bond motifs is 1. The zero-order valence-corrected chi connectivity index (χ0v) is 15.3. The molecule has 1 aliphatic rings. The predicted octanol–water partition coefficient (Wildman–Crippen LogP) is 4.16. The summed E-state index contributed by atoms with van der Waals surface area (Å²) in [4.78, 5) is 30.7. The van der Waals surface area contributed by atoms with E-state index in [4.69, 9.17) is 17.3 Å². The Hall–Kier alpha value is -2.73. The number of carbonyl (C=O) groups excluding carboxylic acids is 1. The summed E-state index contributed by atoms with van der Waals surface area (Å²) in [6.07, 6.45) is 6.11. The Morgan fingerprint density at radius 3 is 2.56 bits per heavy atom. The van der Waals surface area contributed by atoms with E-state index in [-0.39, 0.29) is 22.3 Å². The first kappa shape index (κ1) is 19.0. The van der Waals surface area contributed by atoms with Gasteiger partial charge in [-0.2, -0.15) is 0 Å². The lowest BCUT2D eigenvalue weighted by Crippen LogP contribution is -2.18. The van der Waals surface area contributed by atoms with Gasteiger partial charge < -0.3 is 10.7 Å². The standard InChI is InChI=1S/C14H15N3O2.C6H4ClF/c15-14(19)13-12-9(5-6-16-13)17-10(7-11(12)18)8-3-1-2-4-8;7-5-2-1-3-6(8)4-5/h5-8H,1-4H2,(H2,15,19)(H,17,18);1-4H. The first-order chi connectivity index (χ1) is 13.0. The van der Waals surface area contributed by atoms with Gasteiger partial charge in [-0.1, -0.05) is 30.5 Å². The Labute approximate surface area is 160 Å². The van der Waals surface area contributed by atoms with Gasteiger partial charge in [-0.05, 0) is 43.0 Å². The zero-order chi connectivity index (χ0) is 19.4. The molecule has 27 heavy (non-hydrogen) atoms. The van der Waals surface area contributed by atoms with Gasteiger partial charge in [0, 0.05) is 23.0 Å². The molecule has 0 unspecified atom stereocenters. The van der Waals surface area contributed by atoms with Crippen molar-refractivity contribution in [2.45, 2.75) is 31.6 Å². The highest BCUT2D eigenvalue weighted by Crippen LogP contribution is 2.33. The van der Waals surface area contributed by atoms with Gasteiger partial charge >= 0.3 is 0 Å². The number of nitrogens with zero attached hydrogens (tertiary/aromatic N) is 1. The average molecular weight is 388 g/mol. The Kier molecular flexibility index (Phi) is 5.86. The van der Waals surface area contributed by atoms with Crippen molar-refractivity contribution in [2.24, 2.45) is 5.73 Å². The predicted molar refractivity (Wildman–Crippen MR) is 104 cm³/mol. The number of benzene rings is 1. The van der Waals surface area contributed by atoms with E-state index in [9.17, 15) is 14.0 Å². The van der Waals surface area contributed by atoms with Crippen molar-refractivity contribution in [1.82, 2.24) is 9.97 Å². The van der Waals surface area contributed by atoms with Crippen LogP contribution in [0.5, 0.6) is 0 Å². The van der Waals surface area contributed by atoms with Gasteiger partial charge in [0.25, 0.3) is 5.91 Å². The molecule has 140 valence electrons. The second-order valence-electron chi connectivity index (χ2n) is 6.46. The number of carbonyl (C=O) groups is 1. The number of aromatic nitrogens is 2. The molecule has 5 nitrogen and oxygen atoms in total. The summed E-state index contributed by atoms with van der Waals surface area (Å²) < 4.78 is 12.1. The van der Waals surface area contributed by atoms with Gasteiger partial charge in [0.1, 0.15) is 11.5 Å². The Morgan fingerprint density at radius 2 is 1.96 bits per heavy atom. The van der Waals surface area contributed by atoms with E-state index in [1.165, 1.54) is 31.2 Å². The number of H-pyrrole nitrogens is 1. The van der Waals surface area contributed by atoms with E-state index in [1.807, 2.05) is 0 Å². The molecule has 0 radical (unpaired) electrons. The van der Waals surface area contributed by atoms with Crippen LogP contribution in [0, 0.1) is 5.82 Å². The Morgan fingerprint density at radius 1 is 1.22 bits per heavy atom. The highest BCUT2D eigenvalue weighted by Gasteiger charge is 2.20. The fourth-order valence-electron chi connectivity index (χ4n) is 3.32. The van der Waals surface area contributed by atoms with Gasteiger partial charge in [-0.15, -0.1) is 0 Å². The first-order valence-electron chi connectivity index (χ1n) is 8.68. The lowest BCUT2D eigenvalue weighted by molar-refractivity contribution is 0.0997. The number of pyridine rings is 2. The van der Waals surface area contributed by atoms with E-state index in [1.54, 1.807) is 24.3 Å². The van der Waals surface area contributed by atoms with Gasteiger partial charge in [0.15, 0.2) is 5.43 Å². The van der Waals surface area contributed by atoms with Crippen LogP contribution in [-0.2, 0) is 0 Å². The minimum absolute atomic E-state index is 0.0386. The molecule has 7 heteroatoms. The van der Waals surface area contributed by atoms with E-state index in [0.29, 0.717) is 16.5 Å². The van der Waals surface area contributed by atoms with Crippen molar-refractivity contribution in [1.29, 1.82) is 0 Å². The third-order valence-corrected chi connectivity index (χ3v) is 4.81. The number of nitrogens with two attached hydrogens (primary N) is 1. The van der Waals surface area contributed by atoms with E-state index >= 15 is 0 Å². The molecular weight excluding hydrogens is 369 g/mol. The molecular formula is C20H19ClFN3O2. The number of amides is 1. The number of hydrogen-bond acceptors (Lipinski definition) is 3. The number of nitrogens with one attached hydrogen (secondary N) is 1. The molecule has 0 atom stereocenters. The average Bonchev–Trinajstić information content (AvgIpc) is 3.16. The number of primary amides is 1. The van der Waals surface area contributed by atoms with Crippen LogP contribution in [0.4, 0.5) is 4.39 Å². The molecule has 4 rings (SSSR count). The van der Waals surface area contributed by atoms with Crippen LogP contribution < -0.4 is 11.2 Å². The van der Waals surface area contributed by atoms with Crippen molar-refractivity contribution >= 4 is 28.4 Å². The van der Waals surface area contributed by atoms with Gasteiger partial charge in [0.05, 0.1) is 10.9 Å². The highest BCUT2D eigenvalue weighted by molar-refractivity contribution is 6.30. The van der Waals surface area contributed by atoms with Crippen LogP contribution in [0.3, 0.4) is 0 Å². The van der Waals surface area contributed by atoms with Crippen LogP contribution in [0.2, 0.25) is 5.02 Å². The highest BCUT2D eigenvalue weighted by atomic mass is 35.5. The quantitative estimate of drug-likeness (QED) is 0.691. The molecule has 0 aliphatic heterocycles. The van der Waals surface area contributed by atoms with Crippen molar-refractivity contribution in [3.8, 4) is 0 Å². The number of aromatic amines is 1. The van der Waals surface area contributed by atoms with Crippen LogP contribution in [0.15, 0.2) is 47.4 Å². The van der Waals surface area contributed by atoms with Crippen LogP contribution in [-0.4, -0.2) is 15.9 Å². The van der Waals surface area contributed by atoms with Gasteiger partial charge in [-0.3, -0.25) is 14.6 Å². The van der Waals surface area contributed by atoms with Crippen LogP contribution in [0.1, 0.15) is 47.8 Å². The molecule has 3 N–H and O–H groups in total. The van der Waals surface area contributed by atoms with E-state index in [0.717, 1.165) is 18.5 Å². The van der Waals surface area contributed by atoms with Gasteiger partial charge in [0.2, 0.25) is 0 Å². The maximum Gasteiger partial charge on any atom is 0.268 e.